The molecule has 20 heavy (non-hydrogen) atoms. The molecule has 116 valence electrons. The molecule has 1 unspecified atom stereocenters. The topological polar surface area (TPSA) is 66.4 Å². The van der Waals surface area contributed by atoms with Crippen LogP contribution in [0.5, 0.6) is 0 Å². The Hall–Kier alpha value is -1.06. The van der Waals surface area contributed by atoms with Gasteiger partial charge < -0.3 is 10.4 Å². The number of amides is 1. The zero-order valence-corrected chi connectivity index (χ0v) is 12.9. The minimum Gasteiger partial charge on any atom is -0.480 e. The van der Waals surface area contributed by atoms with Crippen molar-refractivity contribution in [2.45, 2.75) is 77.7 Å². The average Bonchev–Trinajstić information content (AvgIpc) is 2.45. The van der Waals surface area contributed by atoms with Crippen LogP contribution in [0.3, 0.4) is 0 Å². The molecule has 0 aromatic rings. The van der Waals surface area contributed by atoms with Crippen molar-refractivity contribution >= 4 is 11.9 Å². The van der Waals surface area contributed by atoms with Gasteiger partial charge in [0, 0.05) is 5.92 Å². The Morgan fingerprint density at radius 1 is 1.15 bits per heavy atom. The van der Waals surface area contributed by atoms with E-state index in [1.165, 1.54) is 19.3 Å². The van der Waals surface area contributed by atoms with Crippen molar-refractivity contribution in [3.63, 3.8) is 0 Å². The van der Waals surface area contributed by atoms with Gasteiger partial charge in [0.1, 0.15) is 6.04 Å². The Morgan fingerprint density at radius 2 is 1.80 bits per heavy atom. The number of carbonyl (C=O) groups is 2. The van der Waals surface area contributed by atoms with Crippen molar-refractivity contribution in [2.24, 2.45) is 11.8 Å². The van der Waals surface area contributed by atoms with Gasteiger partial charge in [-0.05, 0) is 38.0 Å². The molecule has 0 aliphatic heterocycles. The maximum atomic E-state index is 12.1. The van der Waals surface area contributed by atoms with Crippen LogP contribution in [0.15, 0.2) is 0 Å². The first-order valence-corrected chi connectivity index (χ1v) is 8.11. The molecule has 1 aliphatic rings. The minimum atomic E-state index is -0.920. The van der Waals surface area contributed by atoms with Gasteiger partial charge in [0.2, 0.25) is 5.91 Å². The molecular formula is C16H29NO3. The highest BCUT2D eigenvalue weighted by molar-refractivity contribution is 5.84. The van der Waals surface area contributed by atoms with E-state index < -0.39 is 12.0 Å². The van der Waals surface area contributed by atoms with Gasteiger partial charge in [-0.25, -0.2) is 4.79 Å². The van der Waals surface area contributed by atoms with E-state index in [1.807, 2.05) is 6.92 Å². The smallest absolute Gasteiger partial charge is 0.326 e. The molecular weight excluding hydrogens is 254 g/mol. The number of rotatable bonds is 8. The second kappa shape index (κ2) is 8.98. The molecule has 1 rings (SSSR count). The molecule has 1 fully saturated rings. The predicted octanol–water partition coefficient (Wildman–Crippen LogP) is 3.35. The fourth-order valence-corrected chi connectivity index (χ4v) is 3.04. The molecule has 0 bridgehead atoms. The Morgan fingerprint density at radius 3 is 2.30 bits per heavy atom. The van der Waals surface area contributed by atoms with Gasteiger partial charge in [-0.2, -0.15) is 0 Å². The van der Waals surface area contributed by atoms with Crippen LogP contribution in [0.1, 0.15) is 71.6 Å². The SMILES string of the molecule is CCCCC1CCC(C(=O)NC(CCC)C(=O)O)CC1. The number of unbranched alkanes of at least 4 members (excludes halogenated alkanes) is 1. The lowest BCUT2D eigenvalue weighted by Crippen LogP contribution is -2.44. The first kappa shape index (κ1) is 17.0. The molecule has 1 atom stereocenters. The van der Waals surface area contributed by atoms with Crippen LogP contribution in [0.2, 0.25) is 0 Å². The van der Waals surface area contributed by atoms with Crippen LogP contribution in [0.4, 0.5) is 0 Å². The van der Waals surface area contributed by atoms with Gasteiger partial charge in [0.15, 0.2) is 0 Å². The lowest BCUT2D eigenvalue weighted by molar-refractivity contribution is -0.143. The molecule has 1 amide bonds. The number of hydrogen-bond acceptors (Lipinski definition) is 2. The fourth-order valence-electron chi connectivity index (χ4n) is 3.04. The van der Waals surface area contributed by atoms with Gasteiger partial charge in [-0.1, -0.05) is 39.5 Å². The second-order valence-corrected chi connectivity index (χ2v) is 6.05. The molecule has 0 aromatic heterocycles. The lowest BCUT2D eigenvalue weighted by Gasteiger charge is -2.28. The molecule has 1 saturated carbocycles. The van der Waals surface area contributed by atoms with E-state index in [0.717, 1.165) is 38.0 Å². The minimum absolute atomic E-state index is 0.0200. The average molecular weight is 283 g/mol. The van der Waals surface area contributed by atoms with Gasteiger partial charge >= 0.3 is 5.97 Å². The Kier molecular flexibility index (Phi) is 7.63. The monoisotopic (exact) mass is 283 g/mol. The van der Waals surface area contributed by atoms with Gasteiger partial charge in [-0.15, -0.1) is 0 Å². The summed E-state index contributed by atoms with van der Waals surface area (Å²) in [5, 5.41) is 11.8. The zero-order chi connectivity index (χ0) is 15.0. The standard InChI is InChI=1S/C16H29NO3/c1-3-5-7-12-8-10-13(11-9-12)15(18)17-14(6-4-2)16(19)20/h12-14H,3-11H2,1-2H3,(H,17,18)(H,19,20). The number of hydrogen-bond donors (Lipinski definition) is 2. The third-order valence-corrected chi connectivity index (χ3v) is 4.38. The molecule has 1 aliphatic carbocycles. The third-order valence-electron chi connectivity index (χ3n) is 4.38. The molecule has 0 heterocycles. The van der Waals surface area contributed by atoms with Crippen molar-refractivity contribution in [3.8, 4) is 0 Å². The van der Waals surface area contributed by atoms with Crippen LogP contribution in [0.25, 0.3) is 0 Å². The van der Waals surface area contributed by atoms with Crippen molar-refractivity contribution in [2.75, 3.05) is 0 Å². The van der Waals surface area contributed by atoms with E-state index in [4.69, 9.17) is 5.11 Å². The highest BCUT2D eigenvalue weighted by Crippen LogP contribution is 2.32. The first-order valence-electron chi connectivity index (χ1n) is 8.11. The summed E-state index contributed by atoms with van der Waals surface area (Å²) in [7, 11) is 0. The van der Waals surface area contributed by atoms with E-state index in [0.29, 0.717) is 6.42 Å². The van der Waals surface area contributed by atoms with E-state index in [1.54, 1.807) is 0 Å². The van der Waals surface area contributed by atoms with Crippen molar-refractivity contribution < 1.29 is 14.7 Å². The Balaban J connectivity index is 2.36. The maximum absolute atomic E-state index is 12.1. The van der Waals surface area contributed by atoms with Crippen LogP contribution in [-0.4, -0.2) is 23.0 Å². The van der Waals surface area contributed by atoms with Crippen LogP contribution in [0, 0.1) is 11.8 Å². The molecule has 0 spiro atoms. The number of carboxylic acids is 1. The van der Waals surface area contributed by atoms with Gasteiger partial charge in [-0.3, -0.25) is 4.79 Å². The lowest BCUT2D eigenvalue weighted by atomic mass is 9.79. The van der Waals surface area contributed by atoms with E-state index in [2.05, 4.69) is 12.2 Å². The number of carboxylic acid groups (broad SMARTS) is 1. The fraction of sp³-hybridized carbons (Fsp3) is 0.875. The molecule has 0 aromatic carbocycles. The quantitative estimate of drug-likeness (QED) is 0.718. The van der Waals surface area contributed by atoms with Crippen molar-refractivity contribution in [1.29, 1.82) is 0 Å². The van der Waals surface area contributed by atoms with Gasteiger partial charge in [0.25, 0.3) is 0 Å². The second-order valence-electron chi connectivity index (χ2n) is 6.05. The summed E-state index contributed by atoms with van der Waals surface area (Å²) >= 11 is 0. The molecule has 4 nitrogen and oxygen atoms in total. The number of nitrogens with one attached hydrogen (secondary N) is 1. The summed E-state index contributed by atoms with van der Waals surface area (Å²) in [5.74, 6) is -0.187. The van der Waals surface area contributed by atoms with Crippen LogP contribution in [-0.2, 0) is 9.59 Å². The highest BCUT2D eigenvalue weighted by atomic mass is 16.4. The summed E-state index contributed by atoms with van der Waals surface area (Å²) in [6.45, 7) is 4.14. The molecule has 2 N–H and O–H groups in total. The predicted molar refractivity (Wildman–Crippen MR) is 79.4 cm³/mol. The normalized spacial score (nSPS) is 24.1. The summed E-state index contributed by atoms with van der Waals surface area (Å²) in [6, 6.07) is -0.717. The van der Waals surface area contributed by atoms with Crippen LogP contribution >= 0.6 is 0 Å². The summed E-state index contributed by atoms with van der Waals surface area (Å²) in [4.78, 5) is 23.2. The zero-order valence-electron chi connectivity index (χ0n) is 12.9. The molecule has 0 radical (unpaired) electrons. The van der Waals surface area contributed by atoms with Crippen molar-refractivity contribution in [1.82, 2.24) is 5.32 Å². The van der Waals surface area contributed by atoms with E-state index >= 15 is 0 Å². The third kappa shape index (κ3) is 5.51. The van der Waals surface area contributed by atoms with Crippen LogP contribution < -0.4 is 5.32 Å². The van der Waals surface area contributed by atoms with Crippen molar-refractivity contribution in [3.05, 3.63) is 0 Å². The highest BCUT2D eigenvalue weighted by Gasteiger charge is 2.28. The van der Waals surface area contributed by atoms with E-state index in [9.17, 15) is 9.59 Å². The largest absolute Gasteiger partial charge is 0.480 e. The summed E-state index contributed by atoms with van der Waals surface area (Å²) in [6.07, 6.45) is 9.12. The Bertz CT molecular complexity index is 309. The van der Waals surface area contributed by atoms with Gasteiger partial charge in [0.05, 0.1) is 0 Å². The summed E-state index contributed by atoms with van der Waals surface area (Å²) < 4.78 is 0. The number of carbonyl (C=O) groups excluding carboxylic acids is 1. The molecule has 4 heteroatoms. The summed E-state index contributed by atoms with van der Waals surface area (Å²) in [5.41, 5.74) is 0. The first-order chi connectivity index (χ1) is 9.58. The molecule has 0 saturated heterocycles. The number of aliphatic carboxylic acids is 1. The van der Waals surface area contributed by atoms with E-state index in [-0.39, 0.29) is 11.8 Å². The maximum Gasteiger partial charge on any atom is 0.326 e. The Labute approximate surface area is 122 Å².